The fourth-order valence-corrected chi connectivity index (χ4v) is 1.81. The topological polar surface area (TPSA) is 51.6 Å². The van der Waals surface area contributed by atoms with Crippen molar-refractivity contribution >= 4 is 0 Å². The second kappa shape index (κ2) is 6.34. The molecule has 0 radical (unpaired) electrons. The maximum atomic E-state index is 13.7. The standard InChI is InChI=1S/C15H16FNO3/c1-10-5-13(19-2)7-12(17-10)9-20-15-4-3-11(8-18)6-14(15)16/h3-7,18H,8-9H2,1-2H3. The SMILES string of the molecule is COc1cc(C)nc(COc2ccc(CO)cc2F)c1. The van der Waals surface area contributed by atoms with Crippen molar-refractivity contribution in [2.75, 3.05) is 7.11 Å². The van der Waals surface area contributed by atoms with Gasteiger partial charge in [-0.1, -0.05) is 6.07 Å². The Hall–Kier alpha value is -2.14. The van der Waals surface area contributed by atoms with Gasteiger partial charge in [0.05, 0.1) is 19.4 Å². The first kappa shape index (κ1) is 14.3. The van der Waals surface area contributed by atoms with Gasteiger partial charge >= 0.3 is 0 Å². The molecule has 0 aliphatic rings. The number of rotatable bonds is 5. The molecule has 0 saturated carbocycles. The predicted octanol–water partition coefficient (Wildman–Crippen LogP) is 2.61. The fourth-order valence-electron chi connectivity index (χ4n) is 1.81. The summed E-state index contributed by atoms with van der Waals surface area (Å²) in [4.78, 5) is 4.29. The third-order valence-corrected chi connectivity index (χ3v) is 2.77. The van der Waals surface area contributed by atoms with E-state index in [2.05, 4.69) is 4.98 Å². The number of halogens is 1. The molecule has 4 nitrogen and oxygen atoms in total. The molecule has 0 saturated heterocycles. The molecule has 1 N–H and O–H groups in total. The van der Waals surface area contributed by atoms with E-state index in [1.54, 1.807) is 25.3 Å². The van der Waals surface area contributed by atoms with E-state index in [-0.39, 0.29) is 19.0 Å². The summed E-state index contributed by atoms with van der Waals surface area (Å²) in [6, 6.07) is 7.91. The van der Waals surface area contributed by atoms with Crippen molar-refractivity contribution in [3.63, 3.8) is 0 Å². The van der Waals surface area contributed by atoms with Gasteiger partial charge in [0.15, 0.2) is 11.6 Å². The number of ether oxygens (including phenoxy) is 2. The highest BCUT2D eigenvalue weighted by Gasteiger charge is 2.06. The van der Waals surface area contributed by atoms with Gasteiger partial charge in [0, 0.05) is 17.8 Å². The summed E-state index contributed by atoms with van der Waals surface area (Å²) in [7, 11) is 1.58. The molecular weight excluding hydrogens is 261 g/mol. The highest BCUT2D eigenvalue weighted by atomic mass is 19.1. The van der Waals surface area contributed by atoms with Crippen LogP contribution in [0.4, 0.5) is 4.39 Å². The number of aromatic nitrogens is 1. The van der Waals surface area contributed by atoms with E-state index < -0.39 is 5.82 Å². The van der Waals surface area contributed by atoms with Crippen LogP contribution in [0.3, 0.4) is 0 Å². The Labute approximate surface area is 116 Å². The lowest BCUT2D eigenvalue weighted by atomic mass is 10.2. The van der Waals surface area contributed by atoms with Crippen LogP contribution in [-0.4, -0.2) is 17.2 Å². The van der Waals surface area contributed by atoms with Crippen LogP contribution >= 0.6 is 0 Å². The lowest BCUT2D eigenvalue weighted by Gasteiger charge is -2.09. The average Bonchev–Trinajstić information content (AvgIpc) is 2.45. The zero-order valence-electron chi connectivity index (χ0n) is 11.4. The smallest absolute Gasteiger partial charge is 0.165 e. The molecule has 1 aromatic heterocycles. The Balaban J connectivity index is 2.10. The Bertz CT molecular complexity index is 602. The van der Waals surface area contributed by atoms with Gasteiger partial charge in [-0.3, -0.25) is 4.98 Å². The van der Waals surface area contributed by atoms with Crippen molar-refractivity contribution in [3.8, 4) is 11.5 Å². The Morgan fingerprint density at radius 2 is 2.05 bits per heavy atom. The minimum atomic E-state index is -0.504. The number of hydrogen-bond donors (Lipinski definition) is 1. The number of aliphatic hydroxyl groups excluding tert-OH is 1. The van der Waals surface area contributed by atoms with Crippen molar-refractivity contribution < 1.29 is 19.0 Å². The molecule has 20 heavy (non-hydrogen) atoms. The second-order valence-corrected chi connectivity index (χ2v) is 4.35. The van der Waals surface area contributed by atoms with Crippen LogP contribution in [-0.2, 0) is 13.2 Å². The molecule has 1 heterocycles. The van der Waals surface area contributed by atoms with Gasteiger partial charge in [-0.05, 0) is 24.6 Å². The highest BCUT2D eigenvalue weighted by Crippen LogP contribution is 2.20. The summed E-state index contributed by atoms with van der Waals surface area (Å²) in [6.45, 7) is 1.80. The molecule has 5 heteroatoms. The number of methoxy groups -OCH3 is 1. The van der Waals surface area contributed by atoms with E-state index in [9.17, 15) is 4.39 Å². The van der Waals surface area contributed by atoms with E-state index in [0.29, 0.717) is 17.0 Å². The van der Waals surface area contributed by atoms with Crippen LogP contribution in [0, 0.1) is 12.7 Å². The van der Waals surface area contributed by atoms with Gasteiger partial charge in [-0.15, -0.1) is 0 Å². The van der Waals surface area contributed by atoms with Gasteiger partial charge in [0.1, 0.15) is 12.4 Å². The van der Waals surface area contributed by atoms with Crippen LogP contribution in [0.15, 0.2) is 30.3 Å². The minimum absolute atomic E-state index is 0.129. The number of pyridine rings is 1. The number of aliphatic hydroxyl groups is 1. The van der Waals surface area contributed by atoms with Gasteiger partial charge in [0.2, 0.25) is 0 Å². The zero-order chi connectivity index (χ0) is 14.5. The Morgan fingerprint density at radius 3 is 2.70 bits per heavy atom. The molecule has 0 fully saturated rings. The summed E-state index contributed by atoms with van der Waals surface area (Å²) in [5.74, 6) is 0.313. The van der Waals surface area contributed by atoms with Gasteiger partial charge < -0.3 is 14.6 Å². The molecule has 0 aliphatic carbocycles. The van der Waals surface area contributed by atoms with Crippen molar-refractivity contribution in [2.24, 2.45) is 0 Å². The molecule has 0 unspecified atom stereocenters. The van der Waals surface area contributed by atoms with Crippen molar-refractivity contribution in [1.82, 2.24) is 4.98 Å². The van der Waals surface area contributed by atoms with E-state index in [0.717, 1.165) is 5.69 Å². The van der Waals surface area contributed by atoms with E-state index in [1.807, 2.05) is 6.92 Å². The summed E-state index contributed by atoms with van der Waals surface area (Å²) < 4.78 is 24.2. The summed E-state index contributed by atoms with van der Waals surface area (Å²) >= 11 is 0. The highest BCUT2D eigenvalue weighted by molar-refractivity contribution is 5.30. The lowest BCUT2D eigenvalue weighted by molar-refractivity contribution is 0.275. The first-order valence-corrected chi connectivity index (χ1v) is 6.16. The van der Waals surface area contributed by atoms with Gasteiger partial charge in [-0.25, -0.2) is 4.39 Å². The molecule has 106 valence electrons. The first-order valence-electron chi connectivity index (χ1n) is 6.16. The molecule has 0 amide bonds. The molecule has 2 aromatic rings. The first-order chi connectivity index (χ1) is 9.62. The monoisotopic (exact) mass is 277 g/mol. The molecule has 2 rings (SSSR count). The normalized spacial score (nSPS) is 10.4. The summed E-state index contributed by atoms with van der Waals surface area (Å²) in [5.41, 5.74) is 1.97. The number of aryl methyl sites for hydroxylation is 1. The molecule has 0 aliphatic heterocycles. The van der Waals surface area contributed by atoms with E-state index >= 15 is 0 Å². The van der Waals surface area contributed by atoms with E-state index in [1.165, 1.54) is 12.1 Å². The molecular formula is C15H16FNO3. The van der Waals surface area contributed by atoms with Crippen LogP contribution in [0.25, 0.3) is 0 Å². The van der Waals surface area contributed by atoms with Crippen LogP contribution < -0.4 is 9.47 Å². The van der Waals surface area contributed by atoms with Crippen LogP contribution in [0.5, 0.6) is 11.5 Å². The fraction of sp³-hybridized carbons (Fsp3) is 0.267. The largest absolute Gasteiger partial charge is 0.497 e. The Morgan fingerprint density at radius 1 is 1.25 bits per heavy atom. The molecule has 0 bridgehead atoms. The average molecular weight is 277 g/mol. The maximum absolute atomic E-state index is 13.7. The Kier molecular flexibility index (Phi) is 4.53. The van der Waals surface area contributed by atoms with E-state index in [4.69, 9.17) is 14.6 Å². The summed E-state index contributed by atoms with van der Waals surface area (Å²) in [6.07, 6.45) is 0. The quantitative estimate of drug-likeness (QED) is 0.912. The molecule has 0 atom stereocenters. The third-order valence-electron chi connectivity index (χ3n) is 2.77. The number of benzene rings is 1. The van der Waals surface area contributed by atoms with Crippen molar-refractivity contribution in [1.29, 1.82) is 0 Å². The molecule has 0 spiro atoms. The second-order valence-electron chi connectivity index (χ2n) is 4.35. The predicted molar refractivity (Wildman–Crippen MR) is 72.2 cm³/mol. The van der Waals surface area contributed by atoms with Gasteiger partial charge in [-0.2, -0.15) is 0 Å². The molecule has 1 aromatic carbocycles. The van der Waals surface area contributed by atoms with Gasteiger partial charge in [0.25, 0.3) is 0 Å². The van der Waals surface area contributed by atoms with Crippen molar-refractivity contribution in [2.45, 2.75) is 20.1 Å². The lowest BCUT2D eigenvalue weighted by Crippen LogP contribution is -2.02. The maximum Gasteiger partial charge on any atom is 0.165 e. The van der Waals surface area contributed by atoms with Crippen molar-refractivity contribution in [3.05, 3.63) is 53.1 Å². The number of nitrogens with zero attached hydrogens (tertiary/aromatic N) is 1. The minimum Gasteiger partial charge on any atom is -0.497 e. The third kappa shape index (κ3) is 3.45. The van der Waals surface area contributed by atoms with Crippen LogP contribution in [0.1, 0.15) is 17.0 Å². The summed E-state index contributed by atoms with van der Waals surface area (Å²) in [5, 5.41) is 8.92. The zero-order valence-corrected chi connectivity index (χ0v) is 11.4. The van der Waals surface area contributed by atoms with Crippen LogP contribution in [0.2, 0.25) is 0 Å². The number of hydrogen-bond acceptors (Lipinski definition) is 4.